The zero-order valence-electron chi connectivity index (χ0n) is 16.6. The number of likely N-dealkylation sites (tertiary alicyclic amines) is 1. The van der Waals surface area contributed by atoms with Crippen LogP contribution in [0.4, 0.5) is 35.5 Å². The Hall–Kier alpha value is -2.92. The molecule has 1 aromatic carbocycles. The van der Waals surface area contributed by atoms with Gasteiger partial charge in [0.15, 0.2) is 0 Å². The highest BCUT2D eigenvalue weighted by atomic mass is 19.4. The maximum atomic E-state index is 14.4. The van der Waals surface area contributed by atoms with Gasteiger partial charge in [-0.15, -0.1) is 0 Å². The van der Waals surface area contributed by atoms with E-state index in [1.165, 1.54) is 12.3 Å². The lowest BCUT2D eigenvalue weighted by molar-refractivity contribution is -0.348. The van der Waals surface area contributed by atoms with Gasteiger partial charge < -0.3 is 21.7 Å². The van der Waals surface area contributed by atoms with Crippen LogP contribution in [0.1, 0.15) is 35.4 Å². The van der Waals surface area contributed by atoms with Crippen molar-refractivity contribution in [3.63, 3.8) is 0 Å². The number of nitrogens with two attached hydrogens (primary N) is 2. The van der Waals surface area contributed by atoms with E-state index in [0.717, 1.165) is 12.3 Å². The molecule has 0 saturated carbocycles. The number of nitrogens with zero attached hydrogens (tertiary/aromatic N) is 1. The van der Waals surface area contributed by atoms with Crippen LogP contribution < -0.4 is 16.8 Å². The Kier molecular flexibility index (Phi) is 6.09. The zero-order chi connectivity index (χ0) is 23.9. The molecule has 5 nitrogen and oxygen atoms in total. The molecular weight excluding hydrogens is 445 g/mol. The quantitative estimate of drug-likeness (QED) is 0.464. The van der Waals surface area contributed by atoms with Gasteiger partial charge in [-0.25, -0.2) is 9.18 Å². The average molecular weight is 466 g/mol. The van der Waals surface area contributed by atoms with E-state index < -0.39 is 29.6 Å². The van der Waals surface area contributed by atoms with Gasteiger partial charge >= 0.3 is 24.1 Å². The Morgan fingerprint density at radius 1 is 1.06 bits per heavy atom. The number of fused-ring (bicyclic) bond motifs is 3. The number of allylic oxidation sites excluding steroid dienone is 1. The van der Waals surface area contributed by atoms with Crippen LogP contribution in [-0.2, 0) is 12.1 Å². The van der Waals surface area contributed by atoms with Gasteiger partial charge in [0.25, 0.3) is 0 Å². The normalized spacial score (nSPS) is 22.1. The highest BCUT2D eigenvalue weighted by Gasteiger charge is 2.73. The molecule has 0 aromatic heterocycles. The van der Waals surface area contributed by atoms with E-state index in [-0.39, 0.29) is 29.6 Å². The zero-order valence-corrected chi connectivity index (χ0v) is 16.6. The van der Waals surface area contributed by atoms with Gasteiger partial charge in [-0.2, -0.15) is 26.3 Å². The fourth-order valence-electron chi connectivity index (χ4n) is 4.45. The Morgan fingerprint density at radius 3 is 2.28 bits per heavy atom. The third-order valence-corrected chi connectivity index (χ3v) is 5.94. The Labute approximate surface area is 178 Å². The van der Waals surface area contributed by atoms with Crippen LogP contribution >= 0.6 is 0 Å². The molecule has 1 saturated heterocycles. The van der Waals surface area contributed by atoms with E-state index >= 15 is 0 Å². The summed E-state index contributed by atoms with van der Waals surface area (Å²) in [5.74, 6) is -0.292. The van der Waals surface area contributed by atoms with Crippen LogP contribution in [0.2, 0.25) is 0 Å². The van der Waals surface area contributed by atoms with E-state index in [0.29, 0.717) is 37.1 Å². The van der Waals surface area contributed by atoms with Crippen LogP contribution in [0.25, 0.3) is 0 Å². The van der Waals surface area contributed by atoms with Gasteiger partial charge in [0.05, 0.1) is 5.70 Å². The SMILES string of the molecule is NC=C(/C=C\N)NC(=O)N1CCC2c3ccc(C(F)(C(F)(F)F)C(F)(F)F)cc3CCC21. The number of amides is 2. The molecule has 12 heteroatoms. The predicted molar refractivity (Wildman–Crippen MR) is 102 cm³/mol. The number of carbonyl (C=O) groups excluding carboxylic acids is 1. The minimum atomic E-state index is -6.16. The average Bonchev–Trinajstić information content (AvgIpc) is 3.15. The number of hydrogen-bond acceptors (Lipinski definition) is 3. The van der Waals surface area contributed by atoms with Gasteiger partial charge in [-0.1, -0.05) is 18.2 Å². The van der Waals surface area contributed by atoms with Crippen molar-refractivity contribution in [2.24, 2.45) is 11.5 Å². The number of urea groups is 1. The summed E-state index contributed by atoms with van der Waals surface area (Å²) in [6.45, 7) is 0.324. The second-order valence-electron chi connectivity index (χ2n) is 7.67. The first-order chi connectivity index (χ1) is 14.8. The first-order valence-corrected chi connectivity index (χ1v) is 9.68. The summed E-state index contributed by atoms with van der Waals surface area (Å²) in [4.78, 5) is 14.1. The van der Waals surface area contributed by atoms with Crippen molar-refractivity contribution in [2.45, 2.75) is 49.2 Å². The molecule has 1 aromatic rings. The van der Waals surface area contributed by atoms with E-state index in [9.17, 15) is 35.5 Å². The molecule has 2 aliphatic rings. The largest absolute Gasteiger partial charge is 0.435 e. The minimum absolute atomic E-state index is 0.0994. The smallest absolute Gasteiger partial charge is 0.405 e. The van der Waals surface area contributed by atoms with Gasteiger partial charge in [0, 0.05) is 30.3 Å². The monoisotopic (exact) mass is 466 g/mol. The van der Waals surface area contributed by atoms with Crippen molar-refractivity contribution >= 4 is 6.03 Å². The summed E-state index contributed by atoms with van der Waals surface area (Å²) in [5, 5.41) is 2.59. The number of benzene rings is 1. The molecule has 1 aliphatic carbocycles. The molecule has 2 atom stereocenters. The number of nitrogens with one attached hydrogen (secondary N) is 1. The number of hydrogen-bond donors (Lipinski definition) is 3. The van der Waals surface area contributed by atoms with Gasteiger partial charge in [-0.3, -0.25) is 0 Å². The lowest BCUT2D eigenvalue weighted by Gasteiger charge is -2.35. The third kappa shape index (κ3) is 3.86. The van der Waals surface area contributed by atoms with Crippen molar-refractivity contribution in [1.29, 1.82) is 0 Å². The van der Waals surface area contributed by atoms with Crippen LogP contribution in [0.5, 0.6) is 0 Å². The number of aryl methyl sites for hydroxylation is 1. The number of carbonyl (C=O) groups is 1. The molecule has 2 amide bonds. The van der Waals surface area contributed by atoms with E-state index in [2.05, 4.69) is 5.32 Å². The molecule has 0 bridgehead atoms. The molecule has 1 fully saturated rings. The lowest BCUT2D eigenvalue weighted by Crippen LogP contribution is -2.50. The second-order valence-corrected chi connectivity index (χ2v) is 7.67. The molecule has 2 unspecified atom stereocenters. The third-order valence-electron chi connectivity index (χ3n) is 5.94. The van der Waals surface area contributed by atoms with E-state index in [1.54, 1.807) is 4.90 Å². The summed E-state index contributed by atoms with van der Waals surface area (Å²) in [7, 11) is 0. The molecule has 32 heavy (non-hydrogen) atoms. The molecule has 3 rings (SSSR count). The Bertz CT molecular complexity index is 925. The van der Waals surface area contributed by atoms with E-state index in [4.69, 9.17) is 11.5 Å². The van der Waals surface area contributed by atoms with Crippen molar-refractivity contribution in [1.82, 2.24) is 10.2 Å². The molecule has 0 radical (unpaired) electrons. The van der Waals surface area contributed by atoms with Crippen molar-refractivity contribution in [3.05, 3.63) is 59.1 Å². The van der Waals surface area contributed by atoms with Crippen molar-refractivity contribution < 1.29 is 35.5 Å². The van der Waals surface area contributed by atoms with Crippen LogP contribution in [0.3, 0.4) is 0 Å². The first kappa shape index (κ1) is 23.7. The second kappa shape index (κ2) is 8.21. The van der Waals surface area contributed by atoms with Crippen LogP contribution in [0.15, 0.2) is 42.4 Å². The predicted octanol–water partition coefficient (Wildman–Crippen LogP) is 4.06. The van der Waals surface area contributed by atoms with Crippen LogP contribution in [0, 0.1) is 0 Å². The van der Waals surface area contributed by atoms with E-state index in [1.807, 2.05) is 0 Å². The standard InChI is InChI=1S/C20H21F7N4O/c21-18(19(22,23)24,20(25,26)27)12-2-3-14-11(9-12)1-4-16-15(14)6-8-31(16)17(32)30-13(10-29)5-7-28/h2-3,5,7,9-10,15-16H,1,4,6,8,28-29H2,(H,30,32)/b7-5-,13-10?. The first-order valence-electron chi connectivity index (χ1n) is 9.68. The van der Waals surface area contributed by atoms with Gasteiger partial charge in [-0.05, 0) is 42.7 Å². The molecule has 5 N–H and O–H groups in total. The maximum absolute atomic E-state index is 14.4. The van der Waals surface area contributed by atoms with Crippen molar-refractivity contribution in [3.8, 4) is 0 Å². The number of alkyl halides is 7. The number of halogens is 7. The summed E-state index contributed by atoms with van der Waals surface area (Å²) in [5.41, 5.74) is 4.74. The van der Waals surface area contributed by atoms with Gasteiger partial charge in [0.2, 0.25) is 0 Å². The molecule has 1 aliphatic heterocycles. The highest BCUT2D eigenvalue weighted by Crippen LogP contribution is 2.54. The summed E-state index contributed by atoms with van der Waals surface area (Å²) >= 11 is 0. The molecule has 0 spiro atoms. The van der Waals surface area contributed by atoms with Crippen molar-refractivity contribution in [2.75, 3.05) is 6.54 Å². The fourth-order valence-corrected chi connectivity index (χ4v) is 4.45. The summed E-state index contributed by atoms with van der Waals surface area (Å²) < 4.78 is 93.0. The summed E-state index contributed by atoms with van der Waals surface area (Å²) in [6.07, 6.45) is -7.74. The summed E-state index contributed by atoms with van der Waals surface area (Å²) in [6, 6.07) is 1.53. The topological polar surface area (TPSA) is 84.4 Å². The maximum Gasteiger partial charge on any atom is 0.435 e. The molecular formula is C20H21F7N4O. The highest BCUT2D eigenvalue weighted by molar-refractivity contribution is 5.77. The fraction of sp³-hybridized carbons (Fsp3) is 0.450. The van der Waals surface area contributed by atoms with Gasteiger partial charge in [0.1, 0.15) is 0 Å². The Morgan fingerprint density at radius 2 is 1.72 bits per heavy atom. The Balaban J connectivity index is 1.88. The minimum Gasteiger partial charge on any atom is -0.405 e. The molecule has 176 valence electrons. The van der Waals surface area contributed by atoms with Crippen LogP contribution in [-0.4, -0.2) is 35.9 Å². The number of rotatable bonds is 3. The molecule has 1 heterocycles. The lowest BCUT2D eigenvalue weighted by atomic mass is 9.77.